The zero-order valence-corrected chi connectivity index (χ0v) is 6.89. The standard InChI is InChI=1S/C8H13NO2/c1-5-6-9-7(10)11-8(2,3)4/h1H,6H2,2-4H3,(H,9,10)/i6D2. The largest absolute Gasteiger partial charge is 0.444 e. The number of amides is 1. The number of hydrogen-bond acceptors (Lipinski definition) is 2. The van der Waals surface area contributed by atoms with Crippen LogP contribution in [0.5, 0.6) is 0 Å². The first-order chi connectivity index (χ1) is 5.66. The van der Waals surface area contributed by atoms with Crippen LogP contribution in [0.3, 0.4) is 0 Å². The molecular weight excluding hydrogens is 142 g/mol. The van der Waals surface area contributed by atoms with E-state index in [1.807, 2.05) is 5.32 Å². The first-order valence-electron chi connectivity index (χ1n) is 4.15. The van der Waals surface area contributed by atoms with Crippen molar-refractivity contribution in [2.24, 2.45) is 0 Å². The van der Waals surface area contributed by atoms with Crippen LogP contribution in [0.15, 0.2) is 0 Å². The molecule has 0 aromatic heterocycles. The Morgan fingerprint density at radius 2 is 2.36 bits per heavy atom. The lowest BCUT2D eigenvalue weighted by molar-refractivity contribution is 0.0535. The molecule has 0 aliphatic heterocycles. The molecule has 1 N–H and O–H groups in total. The first-order valence-corrected chi connectivity index (χ1v) is 3.15. The molecule has 3 nitrogen and oxygen atoms in total. The third-order valence-electron chi connectivity index (χ3n) is 0.636. The fraction of sp³-hybridized carbons (Fsp3) is 0.625. The number of hydrogen-bond donors (Lipinski definition) is 1. The zero-order valence-electron chi connectivity index (χ0n) is 8.89. The van der Waals surface area contributed by atoms with Crippen LogP contribution in [-0.4, -0.2) is 18.2 Å². The van der Waals surface area contributed by atoms with Crippen LogP contribution < -0.4 is 5.32 Å². The van der Waals surface area contributed by atoms with E-state index in [9.17, 15) is 4.79 Å². The summed E-state index contributed by atoms with van der Waals surface area (Å²) >= 11 is 0. The van der Waals surface area contributed by atoms with Gasteiger partial charge in [-0.05, 0) is 20.8 Å². The van der Waals surface area contributed by atoms with Crippen LogP contribution in [-0.2, 0) is 4.74 Å². The molecule has 3 heteroatoms. The van der Waals surface area contributed by atoms with Crippen LogP contribution in [0.25, 0.3) is 0 Å². The summed E-state index contributed by atoms with van der Waals surface area (Å²) in [7, 11) is 0. The minimum absolute atomic E-state index is 0.658. The van der Waals surface area contributed by atoms with Gasteiger partial charge in [-0.25, -0.2) is 4.79 Å². The van der Waals surface area contributed by atoms with Crippen LogP contribution in [0, 0.1) is 12.3 Å². The van der Waals surface area contributed by atoms with Crippen molar-refractivity contribution in [1.82, 2.24) is 5.32 Å². The molecule has 0 rings (SSSR count). The van der Waals surface area contributed by atoms with Crippen LogP contribution in [0.4, 0.5) is 4.79 Å². The average molecular weight is 157 g/mol. The first kappa shape index (κ1) is 6.53. The Hall–Kier alpha value is -1.17. The fourth-order valence-corrected chi connectivity index (χ4v) is 0.391. The van der Waals surface area contributed by atoms with Crippen molar-refractivity contribution in [1.29, 1.82) is 0 Å². The van der Waals surface area contributed by atoms with Crippen LogP contribution in [0.2, 0.25) is 0 Å². The second-order valence-corrected chi connectivity index (χ2v) is 2.90. The molecule has 0 saturated carbocycles. The maximum atomic E-state index is 11.0. The molecule has 0 saturated heterocycles. The van der Waals surface area contributed by atoms with E-state index in [1.165, 1.54) is 0 Å². The van der Waals surface area contributed by atoms with Crippen LogP contribution >= 0.6 is 0 Å². The van der Waals surface area contributed by atoms with Gasteiger partial charge in [-0.2, -0.15) is 0 Å². The zero-order chi connectivity index (χ0) is 10.7. The van der Waals surface area contributed by atoms with Crippen molar-refractivity contribution >= 4 is 6.09 Å². The summed E-state index contributed by atoms with van der Waals surface area (Å²) in [5.41, 5.74) is -0.658. The quantitative estimate of drug-likeness (QED) is 0.580. The summed E-state index contributed by atoms with van der Waals surface area (Å²) in [6.07, 6.45) is 3.96. The molecule has 0 aromatic rings. The van der Waals surface area contributed by atoms with E-state index in [0.29, 0.717) is 0 Å². The van der Waals surface area contributed by atoms with Gasteiger partial charge in [-0.15, -0.1) is 6.42 Å². The fourth-order valence-electron chi connectivity index (χ4n) is 0.391. The summed E-state index contributed by atoms with van der Waals surface area (Å²) in [4.78, 5) is 11.0. The van der Waals surface area contributed by atoms with Crippen molar-refractivity contribution < 1.29 is 12.3 Å². The van der Waals surface area contributed by atoms with Gasteiger partial charge in [0.25, 0.3) is 0 Å². The molecule has 1 amide bonds. The number of rotatable bonds is 1. The molecule has 0 fully saturated rings. The third-order valence-corrected chi connectivity index (χ3v) is 0.636. The van der Waals surface area contributed by atoms with E-state index in [2.05, 4.69) is 0 Å². The van der Waals surface area contributed by atoms with Gasteiger partial charge in [0.1, 0.15) is 5.60 Å². The van der Waals surface area contributed by atoms with Crippen molar-refractivity contribution in [2.75, 3.05) is 6.50 Å². The monoisotopic (exact) mass is 157 g/mol. The maximum absolute atomic E-state index is 11.0. The summed E-state index contributed by atoms with van der Waals surface area (Å²) in [6, 6.07) is 0. The highest BCUT2D eigenvalue weighted by molar-refractivity contribution is 5.67. The van der Waals surface area contributed by atoms with E-state index in [0.717, 1.165) is 0 Å². The van der Waals surface area contributed by atoms with Crippen LogP contribution in [0.1, 0.15) is 23.5 Å². The summed E-state index contributed by atoms with van der Waals surface area (Å²) in [5.74, 6) is 1.78. The normalized spacial score (nSPS) is 14.0. The Morgan fingerprint density at radius 3 is 2.73 bits per heavy atom. The lowest BCUT2D eigenvalue weighted by atomic mass is 10.2. The SMILES string of the molecule is [2H]C([2H])(C#C)NC(=O)OC(C)(C)C. The highest BCUT2D eigenvalue weighted by Gasteiger charge is 2.14. The summed E-state index contributed by atoms with van der Waals surface area (Å²) in [6.45, 7) is 2.87. The number of carbonyl (C=O) groups is 1. The number of alkyl carbamates (subject to hydrolysis) is 1. The van der Waals surface area contributed by atoms with E-state index < -0.39 is 18.2 Å². The Labute approximate surface area is 69.9 Å². The van der Waals surface area contributed by atoms with Crippen molar-refractivity contribution in [3.63, 3.8) is 0 Å². The predicted molar refractivity (Wildman–Crippen MR) is 43.1 cm³/mol. The van der Waals surface area contributed by atoms with Gasteiger partial charge < -0.3 is 10.1 Å². The van der Waals surface area contributed by atoms with Gasteiger partial charge >= 0.3 is 6.09 Å². The minimum Gasteiger partial charge on any atom is -0.444 e. The van der Waals surface area contributed by atoms with E-state index in [-0.39, 0.29) is 0 Å². The molecule has 0 spiro atoms. The van der Waals surface area contributed by atoms with Crippen molar-refractivity contribution in [3.05, 3.63) is 0 Å². The second kappa shape index (κ2) is 3.87. The lowest BCUT2D eigenvalue weighted by Gasteiger charge is -2.18. The van der Waals surface area contributed by atoms with E-state index >= 15 is 0 Å². The number of nitrogens with one attached hydrogen (secondary N) is 1. The minimum atomic E-state index is -2.16. The Kier molecular flexibility index (Phi) is 2.30. The molecule has 0 aliphatic rings. The number of terminal acetylenes is 1. The van der Waals surface area contributed by atoms with Gasteiger partial charge in [0.05, 0.1) is 9.24 Å². The van der Waals surface area contributed by atoms with Gasteiger partial charge in [-0.3, -0.25) is 0 Å². The smallest absolute Gasteiger partial charge is 0.408 e. The topological polar surface area (TPSA) is 38.3 Å². The molecule has 0 atom stereocenters. The molecule has 62 valence electrons. The molecule has 0 bridgehead atoms. The predicted octanol–water partition coefficient (Wildman–Crippen LogP) is 1.14. The highest BCUT2D eigenvalue weighted by Crippen LogP contribution is 2.05. The summed E-state index contributed by atoms with van der Waals surface area (Å²) < 4.78 is 18.9. The molecule has 0 aliphatic carbocycles. The van der Waals surface area contributed by atoms with Crippen molar-refractivity contribution in [3.8, 4) is 12.3 Å². The third kappa shape index (κ3) is 6.72. The Morgan fingerprint density at radius 1 is 1.82 bits per heavy atom. The summed E-state index contributed by atoms with van der Waals surface area (Å²) in [5, 5.41) is 1.90. The van der Waals surface area contributed by atoms with E-state index in [4.69, 9.17) is 13.9 Å². The highest BCUT2D eigenvalue weighted by atomic mass is 16.6. The molecule has 0 radical (unpaired) electrons. The Bertz CT molecular complexity index is 238. The average Bonchev–Trinajstić information content (AvgIpc) is 1.81. The van der Waals surface area contributed by atoms with Gasteiger partial charge in [0.2, 0.25) is 0 Å². The molecule has 0 heterocycles. The Balaban J connectivity index is 4.13. The number of ether oxygens (including phenoxy) is 1. The molecule has 11 heavy (non-hydrogen) atoms. The maximum Gasteiger partial charge on any atom is 0.408 e. The molecular formula is C8H13NO2. The molecule has 0 unspecified atom stereocenters. The molecule has 0 aromatic carbocycles. The van der Waals surface area contributed by atoms with Gasteiger partial charge in [0.15, 0.2) is 0 Å². The van der Waals surface area contributed by atoms with Gasteiger partial charge in [0, 0.05) is 0 Å². The van der Waals surface area contributed by atoms with Crippen molar-refractivity contribution in [2.45, 2.75) is 26.4 Å². The lowest BCUT2D eigenvalue weighted by Crippen LogP contribution is -2.32. The van der Waals surface area contributed by atoms with Gasteiger partial charge in [-0.1, -0.05) is 5.92 Å². The van der Waals surface area contributed by atoms with E-state index in [1.54, 1.807) is 26.7 Å². The number of carbonyl (C=O) groups excluding carboxylic acids is 1. The second-order valence-electron chi connectivity index (χ2n) is 2.90.